The van der Waals surface area contributed by atoms with Crippen LogP contribution in [0.15, 0.2) is 57.8 Å². The predicted octanol–water partition coefficient (Wildman–Crippen LogP) is 1.89. The van der Waals surface area contributed by atoms with E-state index in [2.05, 4.69) is 18.2 Å². The van der Waals surface area contributed by atoms with Crippen LogP contribution in [-0.2, 0) is 4.79 Å². The van der Waals surface area contributed by atoms with Crippen molar-refractivity contribution < 1.29 is 9.90 Å². The number of allylic oxidation sites excluding steroid dienone is 3. The molecule has 0 bridgehead atoms. The number of benzene rings is 1. The second-order valence-electron chi connectivity index (χ2n) is 4.26. The molecule has 90 valence electrons. The van der Waals surface area contributed by atoms with Crippen molar-refractivity contribution in [3.63, 3.8) is 0 Å². The van der Waals surface area contributed by atoms with Gasteiger partial charge in [0.15, 0.2) is 0 Å². The van der Waals surface area contributed by atoms with Crippen molar-refractivity contribution >= 4 is 30.3 Å². The van der Waals surface area contributed by atoms with Gasteiger partial charge >= 0.3 is 116 Å². The Balaban J connectivity index is 1.98. The van der Waals surface area contributed by atoms with Crippen LogP contribution in [0.2, 0.25) is 0 Å². The molecule has 18 heavy (non-hydrogen) atoms. The summed E-state index contributed by atoms with van der Waals surface area (Å²) in [6.07, 6.45) is 5.44. The number of rotatable bonds is 1. The van der Waals surface area contributed by atoms with Crippen molar-refractivity contribution in [2.45, 2.75) is 12.5 Å². The molecule has 1 atom stereocenters. The molecule has 0 amide bonds. The van der Waals surface area contributed by atoms with Gasteiger partial charge in [-0.3, -0.25) is 0 Å². The van der Waals surface area contributed by atoms with E-state index in [-0.39, 0.29) is 5.78 Å². The van der Waals surface area contributed by atoms with E-state index in [0.29, 0.717) is 6.42 Å². The first-order valence-electron chi connectivity index (χ1n) is 5.82. The Labute approximate surface area is 116 Å². The van der Waals surface area contributed by atoms with E-state index in [1.54, 1.807) is 0 Å². The Morgan fingerprint density at radius 1 is 1.11 bits per heavy atom. The minimum atomic E-state index is -0.899. The normalized spacial score (nSPS) is 22.8. The summed E-state index contributed by atoms with van der Waals surface area (Å²) in [5.74, 6) is -0.0889. The molecule has 1 aliphatic carbocycles. The Hall–Kier alpha value is -1.14. The molecule has 0 fully saturated rings. The zero-order valence-corrected chi connectivity index (χ0v) is 12.0. The molecule has 0 saturated carbocycles. The van der Waals surface area contributed by atoms with Crippen LogP contribution in [0.25, 0.3) is 3.62 Å². The number of Topliss-reactive ketones (excluding diaryl/α,β-unsaturated/α-hetero) is 1. The van der Waals surface area contributed by atoms with Crippen LogP contribution in [0.4, 0.5) is 0 Å². The maximum absolute atomic E-state index is 11.5. The van der Waals surface area contributed by atoms with Crippen molar-refractivity contribution in [2.75, 3.05) is 0 Å². The van der Waals surface area contributed by atoms with Crippen molar-refractivity contribution in [2.24, 2.45) is 0 Å². The fourth-order valence-electron chi connectivity index (χ4n) is 2.08. The number of carbonyl (C=O) groups is 1. The van der Waals surface area contributed by atoms with E-state index in [4.69, 9.17) is 0 Å². The van der Waals surface area contributed by atoms with Crippen LogP contribution in [0.5, 0.6) is 0 Å². The van der Waals surface area contributed by atoms with Crippen molar-refractivity contribution in [1.82, 2.24) is 0 Å². The molecular formula is C15H12O2Te. The molecule has 1 unspecified atom stereocenters. The standard InChI is InChI=1S/C15H12O2Te/c16-12-7-9-14-11(15(12)17)6-8-13(18-14)10-4-2-1-3-5-10/h1-6,8-9,15,17H,7H2. The number of fused-ring (bicyclic) bond motifs is 1. The first-order chi connectivity index (χ1) is 8.75. The topological polar surface area (TPSA) is 37.3 Å². The summed E-state index contributed by atoms with van der Waals surface area (Å²) in [6.45, 7) is 0. The van der Waals surface area contributed by atoms with Crippen LogP contribution in [0, 0.1) is 0 Å². The average molecular weight is 352 g/mol. The second kappa shape index (κ2) is 4.85. The van der Waals surface area contributed by atoms with E-state index in [0.717, 1.165) is 5.57 Å². The summed E-state index contributed by atoms with van der Waals surface area (Å²) in [6, 6.07) is 10.3. The molecule has 1 aromatic rings. The van der Waals surface area contributed by atoms with Gasteiger partial charge in [0.2, 0.25) is 0 Å². The number of carbonyl (C=O) groups excluding carboxylic acids is 1. The summed E-state index contributed by atoms with van der Waals surface area (Å²) < 4.78 is 2.58. The molecule has 0 aromatic heterocycles. The van der Waals surface area contributed by atoms with E-state index >= 15 is 0 Å². The van der Waals surface area contributed by atoms with Crippen LogP contribution in [0.3, 0.4) is 0 Å². The summed E-state index contributed by atoms with van der Waals surface area (Å²) in [5.41, 5.74) is 2.08. The molecule has 3 rings (SSSR count). The van der Waals surface area contributed by atoms with Gasteiger partial charge < -0.3 is 0 Å². The number of hydrogen-bond acceptors (Lipinski definition) is 2. The van der Waals surface area contributed by atoms with Crippen LogP contribution >= 0.6 is 0 Å². The van der Waals surface area contributed by atoms with Gasteiger partial charge in [0.1, 0.15) is 0 Å². The van der Waals surface area contributed by atoms with Crippen molar-refractivity contribution in [1.29, 1.82) is 0 Å². The van der Waals surface area contributed by atoms with Crippen LogP contribution in [-0.4, -0.2) is 37.9 Å². The van der Waals surface area contributed by atoms with Crippen molar-refractivity contribution in [3.8, 4) is 0 Å². The Kier molecular flexibility index (Phi) is 3.22. The van der Waals surface area contributed by atoms with Crippen LogP contribution in [0.1, 0.15) is 12.0 Å². The molecule has 3 heteroatoms. The first kappa shape index (κ1) is 11.9. The Bertz CT molecular complexity index is 582. The quantitative estimate of drug-likeness (QED) is 0.785. The number of hydrogen-bond donors (Lipinski definition) is 1. The van der Waals surface area contributed by atoms with E-state index in [9.17, 15) is 9.90 Å². The predicted molar refractivity (Wildman–Crippen MR) is 72.0 cm³/mol. The molecule has 1 aromatic carbocycles. The van der Waals surface area contributed by atoms with Gasteiger partial charge in [0, 0.05) is 0 Å². The van der Waals surface area contributed by atoms with Gasteiger partial charge in [0.25, 0.3) is 0 Å². The number of aliphatic hydroxyl groups is 1. The molecule has 1 N–H and O–H groups in total. The van der Waals surface area contributed by atoms with Gasteiger partial charge in [-0.2, -0.15) is 0 Å². The summed E-state index contributed by atoms with van der Waals surface area (Å²) in [4.78, 5) is 11.5. The summed E-state index contributed by atoms with van der Waals surface area (Å²) in [7, 11) is 0. The monoisotopic (exact) mass is 354 g/mol. The summed E-state index contributed by atoms with van der Waals surface area (Å²) in [5, 5.41) is 9.86. The van der Waals surface area contributed by atoms with E-state index < -0.39 is 27.0 Å². The third-order valence-electron chi connectivity index (χ3n) is 3.07. The Morgan fingerprint density at radius 3 is 2.67 bits per heavy atom. The zero-order chi connectivity index (χ0) is 12.5. The van der Waals surface area contributed by atoms with Gasteiger partial charge in [-0.1, -0.05) is 0 Å². The number of aliphatic hydroxyl groups excluding tert-OH is 1. The molecule has 0 radical (unpaired) electrons. The zero-order valence-electron chi connectivity index (χ0n) is 9.67. The molecule has 2 nitrogen and oxygen atoms in total. The van der Waals surface area contributed by atoms with Gasteiger partial charge in [-0.25, -0.2) is 0 Å². The van der Waals surface area contributed by atoms with Crippen LogP contribution < -0.4 is 0 Å². The minimum absolute atomic E-state index is 0.0889. The van der Waals surface area contributed by atoms with Gasteiger partial charge in [-0.05, 0) is 0 Å². The van der Waals surface area contributed by atoms with Gasteiger partial charge in [-0.15, -0.1) is 0 Å². The van der Waals surface area contributed by atoms with E-state index in [1.807, 2.05) is 30.4 Å². The third-order valence-corrected chi connectivity index (χ3v) is 6.53. The average Bonchev–Trinajstić information content (AvgIpc) is 2.44. The molecule has 1 aliphatic heterocycles. The summed E-state index contributed by atoms with van der Waals surface area (Å²) >= 11 is -0.494. The fraction of sp³-hybridized carbons (Fsp3) is 0.133. The molecule has 0 saturated heterocycles. The maximum atomic E-state index is 11.5. The molecule has 2 aliphatic rings. The second-order valence-corrected chi connectivity index (χ2v) is 7.36. The molecular weight excluding hydrogens is 340 g/mol. The molecule has 1 heterocycles. The first-order valence-corrected chi connectivity index (χ1v) is 8.15. The van der Waals surface area contributed by atoms with Gasteiger partial charge in [0.05, 0.1) is 0 Å². The number of ketones is 1. The van der Waals surface area contributed by atoms with Crippen molar-refractivity contribution in [3.05, 3.63) is 63.3 Å². The fourth-order valence-corrected chi connectivity index (χ4v) is 5.19. The molecule has 0 spiro atoms. The Morgan fingerprint density at radius 2 is 1.89 bits per heavy atom. The van der Waals surface area contributed by atoms with E-state index in [1.165, 1.54) is 12.8 Å². The SMILES string of the molecule is O=C1CC=C2[Te]C(c3ccccc3)=CC=C2C1O. The third kappa shape index (κ3) is 2.10.